The van der Waals surface area contributed by atoms with Crippen LogP contribution in [0.1, 0.15) is 31.0 Å². The number of benzene rings is 2. The molecule has 0 fully saturated rings. The van der Waals surface area contributed by atoms with Gasteiger partial charge >= 0.3 is 5.97 Å². The molecular formula is C22H22F2N2O3. The predicted molar refractivity (Wildman–Crippen MR) is 105 cm³/mol. The number of methoxy groups -OCH3 is 1. The number of carbonyl (C=O) groups is 1. The molecule has 152 valence electrons. The molecule has 1 atom stereocenters. The summed E-state index contributed by atoms with van der Waals surface area (Å²) < 4.78 is 38.2. The number of aliphatic imine (C=N–C) groups is 1. The third kappa shape index (κ3) is 4.51. The molecule has 29 heavy (non-hydrogen) atoms. The molecule has 2 aromatic carbocycles. The summed E-state index contributed by atoms with van der Waals surface area (Å²) in [6.07, 6.45) is 0. The highest BCUT2D eigenvalue weighted by atomic mass is 19.2. The second-order valence-corrected chi connectivity index (χ2v) is 6.68. The largest absolute Gasteiger partial charge is 0.457 e. The average molecular weight is 400 g/mol. The summed E-state index contributed by atoms with van der Waals surface area (Å²) in [5.41, 5.74) is 1.96. The molecule has 5 nitrogen and oxygen atoms in total. The lowest BCUT2D eigenvalue weighted by atomic mass is 9.94. The van der Waals surface area contributed by atoms with Crippen LogP contribution >= 0.6 is 0 Å². The van der Waals surface area contributed by atoms with Gasteiger partial charge in [-0.15, -0.1) is 0 Å². The van der Waals surface area contributed by atoms with Crippen LogP contribution in [0.25, 0.3) is 0 Å². The van der Waals surface area contributed by atoms with Crippen LogP contribution in [0, 0.1) is 11.6 Å². The first-order valence-electron chi connectivity index (χ1n) is 9.10. The average Bonchev–Trinajstić information content (AvgIpc) is 2.71. The van der Waals surface area contributed by atoms with E-state index in [1.807, 2.05) is 30.3 Å². The molecule has 0 saturated carbocycles. The normalized spacial score (nSPS) is 16.7. The Morgan fingerprint density at radius 2 is 1.83 bits per heavy atom. The van der Waals surface area contributed by atoms with E-state index in [1.54, 1.807) is 18.7 Å². The molecule has 1 unspecified atom stereocenters. The van der Waals surface area contributed by atoms with E-state index in [-0.39, 0.29) is 18.9 Å². The zero-order valence-corrected chi connectivity index (χ0v) is 16.5. The molecule has 1 aliphatic heterocycles. The summed E-state index contributed by atoms with van der Waals surface area (Å²) >= 11 is 0. The zero-order chi connectivity index (χ0) is 21.0. The first-order valence-corrected chi connectivity index (χ1v) is 9.10. The van der Waals surface area contributed by atoms with E-state index < -0.39 is 23.6 Å². The van der Waals surface area contributed by atoms with Crippen molar-refractivity contribution in [1.82, 2.24) is 4.90 Å². The van der Waals surface area contributed by atoms with Gasteiger partial charge in [0, 0.05) is 7.11 Å². The Bertz CT molecular complexity index is 958. The molecule has 0 spiro atoms. The Morgan fingerprint density at radius 1 is 1.10 bits per heavy atom. The molecule has 1 heterocycles. The number of ether oxygens (including phenoxy) is 2. The molecule has 0 N–H and O–H groups in total. The van der Waals surface area contributed by atoms with Gasteiger partial charge < -0.3 is 14.4 Å². The molecule has 0 aliphatic carbocycles. The molecule has 0 amide bonds. The van der Waals surface area contributed by atoms with Crippen LogP contribution in [0.2, 0.25) is 0 Å². The highest BCUT2D eigenvalue weighted by Crippen LogP contribution is 2.36. The summed E-state index contributed by atoms with van der Waals surface area (Å²) in [5, 5.41) is 0. The van der Waals surface area contributed by atoms with E-state index in [9.17, 15) is 13.6 Å². The monoisotopic (exact) mass is 400 g/mol. The number of carbonyl (C=O) groups excluding carboxylic acids is 1. The maximum atomic E-state index is 14.0. The Kier molecular flexibility index (Phi) is 6.39. The van der Waals surface area contributed by atoms with Crippen LogP contribution < -0.4 is 0 Å². The van der Waals surface area contributed by atoms with Gasteiger partial charge in [0.25, 0.3) is 0 Å². The number of hydrogen-bond acceptors (Lipinski definition) is 5. The zero-order valence-electron chi connectivity index (χ0n) is 16.5. The van der Waals surface area contributed by atoms with E-state index in [0.29, 0.717) is 17.1 Å². The molecule has 3 rings (SSSR count). The molecule has 2 aromatic rings. The van der Waals surface area contributed by atoms with Crippen LogP contribution in [0.4, 0.5) is 8.78 Å². The molecule has 0 bridgehead atoms. The maximum Gasteiger partial charge on any atom is 0.338 e. The van der Waals surface area contributed by atoms with Crippen molar-refractivity contribution in [3.05, 3.63) is 82.6 Å². The molecule has 0 aromatic heterocycles. The summed E-state index contributed by atoms with van der Waals surface area (Å²) in [6.45, 7) is 3.66. The van der Waals surface area contributed by atoms with Gasteiger partial charge in [0.1, 0.15) is 19.2 Å². The maximum absolute atomic E-state index is 14.0. The quantitative estimate of drug-likeness (QED) is 0.676. The van der Waals surface area contributed by atoms with Gasteiger partial charge in [-0.1, -0.05) is 36.4 Å². The van der Waals surface area contributed by atoms with E-state index in [1.165, 1.54) is 13.2 Å². The minimum atomic E-state index is -0.991. The van der Waals surface area contributed by atoms with Crippen molar-refractivity contribution in [2.24, 2.45) is 4.99 Å². The van der Waals surface area contributed by atoms with E-state index in [2.05, 4.69) is 4.99 Å². The minimum absolute atomic E-state index is 0.0912. The topological polar surface area (TPSA) is 51.1 Å². The first kappa shape index (κ1) is 20.7. The van der Waals surface area contributed by atoms with Crippen molar-refractivity contribution in [3.63, 3.8) is 0 Å². The third-order valence-electron chi connectivity index (χ3n) is 4.68. The van der Waals surface area contributed by atoms with Crippen molar-refractivity contribution >= 4 is 11.8 Å². The van der Waals surface area contributed by atoms with Gasteiger partial charge in [-0.25, -0.2) is 18.6 Å². The van der Waals surface area contributed by atoms with Crippen LogP contribution in [0.15, 0.2) is 64.8 Å². The fourth-order valence-electron chi connectivity index (χ4n) is 3.30. The van der Waals surface area contributed by atoms with Crippen LogP contribution in [-0.2, 0) is 20.9 Å². The van der Waals surface area contributed by atoms with Crippen molar-refractivity contribution in [2.45, 2.75) is 26.5 Å². The predicted octanol–water partition coefficient (Wildman–Crippen LogP) is 4.36. The summed E-state index contributed by atoms with van der Waals surface area (Å²) in [7, 11) is 1.51. The Balaban J connectivity index is 1.98. The highest BCUT2D eigenvalue weighted by Gasteiger charge is 2.35. The molecule has 0 radical (unpaired) electrons. The smallest absolute Gasteiger partial charge is 0.338 e. The van der Waals surface area contributed by atoms with Crippen LogP contribution in [0.3, 0.4) is 0 Å². The number of rotatable bonds is 6. The number of esters is 1. The molecular weight excluding hydrogens is 378 g/mol. The molecule has 1 aliphatic rings. The van der Waals surface area contributed by atoms with Crippen molar-refractivity contribution < 1.29 is 23.0 Å². The summed E-state index contributed by atoms with van der Waals surface area (Å²) in [5.74, 6) is -1.92. The number of allylic oxidation sites excluding steroid dienone is 1. The second-order valence-electron chi connectivity index (χ2n) is 6.68. The summed E-state index contributed by atoms with van der Waals surface area (Å²) in [4.78, 5) is 19.1. The number of halogens is 2. The van der Waals surface area contributed by atoms with E-state index in [0.717, 1.165) is 17.7 Å². The second kappa shape index (κ2) is 8.96. The Morgan fingerprint density at radius 3 is 2.48 bits per heavy atom. The SMILES string of the molecule is COCN1C(C)=NC(C)=C(C(=O)OCc2ccccc2)C1c1ccc(F)c(F)c1. The molecule has 7 heteroatoms. The highest BCUT2D eigenvalue weighted by molar-refractivity contribution is 5.95. The lowest BCUT2D eigenvalue weighted by Gasteiger charge is -2.37. The molecule has 0 saturated heterocycles. The fraction of sp³-hybridized carbons (Fsp3) is 0.273. The minimum Gasteiger partial charge on any atom is -0.457 e. The van der Waals surface area contributed by atoms with Gasteiger partial charge in [-0.2, -0.15) is 0 Å². The van der Waals surface area contributed by atoms with Gasteiger partial charge in [0.05, 0.1) is 17.3 Å². The van der Waals surface area contributed by atoms with Gasteiger partial charge in [-0.05, 0) is 37.1 Å². The first-order chi connectivity index (χ1) is 13.9. The number of amidine groups is 1. The van der Waals surface area contributed by atoms with Crippen molar-refractivity contribution in [3.8, 4) is 0 Å². The van der Waals surface area contributed by atoms with Gasteiger partial charge in [0.15, 0.2) is 11.6 Å². The van der Waals surface area contributed by atoms with Crippen LogP contribution in [0.5, 0.6) is 0 Å². The number of hydrogen-bond donors (Lipinski definition) is 0. The van der Waals surface area contributed by atoms with Crippen molar-refractivity contribution in [2.75, 3.05) is 13.8 Å². The van der Waals surface area contributed by atoms with Gasteiger partial charge in [0.2, 0.25) is 0 Å². The lowest BCUT2D eigenvalue weighted by Crippen LogP contribution is -2.40. The van der Waals surface area contributed by atoms with Gasteiger partial charge in [-0.3, -0.25) is 0 Å². The Labute approximate surface area is 168 Å². The fourth-order valence-corrected chi connectivity index (χ4v) is 3.30. The number of nitrogens with zero attached hydrogens (tertiary/aromatic N) is 2. The van der Waals surface area contributed by atoms with E-state index in [4.69, 9.17) is 9.47 Å². The van der Waals surface area contributed by atoms with Crippen molar-refractivity contribution in [1.29, 1.82) is 0 Å². The lowest BCUT2D eigenvalue weighted by molar-refractivity contribution is -0.141. The van der Waals surface area contributed by atoms with Crippen LogP contribution in [-0.4, -0.2) is 30.5 Å². The Hall–Kier alpha value is -3.06. The third-order valence-corrected chi connectivity index (χ3v) is 4.68. The summed E-state index contributed by atoms with van der Waals surface area (Å²) in [6, 6.07) is 12.1. The standard InChI is InChI=1S/C22H22F2N2O3/c1-14-20(22(27)29-12-16-7-5-4-6-8-16)21(26(13-28-3)15(2)25-14)17-9-10-18(23)19(24)11-17/h4-11,21H,12-13H2,1-3H3. The van der Waals surface area contributed by atoms with E-state index >= 15 is 0 Å².